The maximum atomic E-state index is 13.3. The van der Waals surface area contributed by atoms with E-state index in [1.807, 2.05) is 13.8 Å². The zero-order valence-corrected chi connectivity index (χ0v) is 10.6. The number of rotatable bonds is 4. The van der Waals surface area contributed by atoms with Crippen LogP contribution >= 0.6 is 11.8 Å². The van der Waals surface area contributed by atoms with Gasteiger partial charge in [0, 0.05) is 4.90 Å². The van der Waals surface area contributed by atoms with Gasteiger partial charge in [-0.3, -0.25) is 10.2 Å². The minimum absolute atomic E-state index is 0.0872. The van der Waals surface area contributed by atoms with Crippen LogP contribution in [0.4, 0.5) is 10.1 Å². The second-order valence-electron chi connectivity index (χ2n) is 3.97. The molecule has 1 amide bonds. The predicted molar refractivity (Wildman–Crippen MR) is 67.6 cm³/mol. The maximum Gasteiger partial charge on any atom is 0.247 e. The fourth-order valence-corrected chi connectivity index (χ4v) is 2.36. The van der Waals surface area contributed by atoms with E-state index in [0.717, 1.165) is 0 Å². The van der Waals surface area contributed by atoms with E-state index in [1.54, 1.807) is 6.07 Å². The van der Waals surface area contributed by atoms with Crippen molar-refractivity contribution < 1.29 is 9.18 Å². The summed E-state index contributed by atoms with van der Waals surface area (Å²) in [5, 5.41) is -0.358. The van der Waals surface area contributed by atoms with Gasteiger partial charge in [-0.15, -0.1) is 11.8 Å². The van der Waals surface area contributed by atoms with Crippen LogP contribution in [0.2, 0.25) is 0 Å². The van der Waals surface area contributed by atoms with Gasteiger partial charge in [0.1, 0.15) is 5.82 Å². The van der Waals surface area contributed by atoms with Crippen LogP contribution in [0.1, 0.15) is 13.8 Å². The van der Waals surface area contributed by atoms with Gasteiger partial charge < -0.3 is 5.73 Å². The number of benzene rings is 1. The normalized spacial score (nSPS) is 12.5. The molecule has 0 aliphatic heterocycles. The third-order valence-electron chi connectivity index (χ3n) is 2.24. The van der Waals surface area contributed by atoms with Crippen molar-refractivity contribution >= 4 is 23.4 Å². The van der Waals surface area contributed by atoms with E-state index in [0.29, 0.717) is 4.90 Å². The van der Waals surface area contributed by atoms with Gasteiger partial charge in [0.15, 0.2) is 0 Å². The molecule has 0 fully saturated rings. The Morgan fingerprint density at radius 1 is 1.47 bits per heavy atom. The van der Waals surface area contributed by atoms with Gasteiger partial charge >= 0.3 is 0 Å². The van der Waals surface area contributed by atoms with Crippen molar-refractivity contribution in [1.82, 2.24) is 5.43 Å². The summed E-state index contributed by atoms with van der Waals surface area (Å²) in [5.41, 5.74) is 7.59. The fourth-order valence-electron chi connectivity index (χ4n) is 1.30. The van der Waals surface area contributed by atoms with Crippen LogP contribution in [0.25, 0.3) is 0 Å². The molecule has 0 saturated heterocycles. The Morgan fingerprint density at radius 3 is 2.59 bits per heavy atom. The van der Waals surface area contributed by atoms with Crippen molar-refractivity contribution in [2.24, 2.45) is 11.8 Å². The molecule has 6 heteroatoms. The Labute approximate surface area is 104 Å². The number of hydrazine groups is 1. The van der Waals surface area contributed by atoms with Crippen LogP contribution in [0.3, 0.4) is 0 Å². The van der Waals surface area contributed by atoms with Crippen LogP contribution in [0.5, 0.6) is 0 Å². The number of halogens is 1. The number of hydrogen-bond acceptors (Lipinski definition) is 4. The molecule has 0 radical (unpaired) electrons. The molecule has 17 heavy (non-hydrogen) atoms. The number of nitrogens with one attached hydrogen (secondary N) is 1. The van der Waals surface area contributed by atoms with E-state index < -0.39 is 5.82 Å². The number of nitrogen functional groups attached to an aromatic ring is 1. The largest absolute Gasteiger partial charge is 0.396 e. The molecule has 0 aromatic heterocycles. The lowest BCUT2D eigenvalue weighted by Crippen LogP contribution is -2.39. The molecular weight excluding hydrogens is 241 g/mol. The average molecular weight is 257 g/mol. The smallest absolute Gasteiger partial charge is 0.247 e. The quantitative estimate of drug-likeness (QED) is 0.251. The highest BCUT2D eigenvalue weighted by atomic mass is 32.2. The lowest BCUT2D eigenvalue weighted by Gasteiger charge is -2.18. The SMILES string of the molecule is CC(C)C(Sc1ccc(N)c(F)c1)C(=O)NN. The predicted octanol–water partition coefficient (Wildman–Crippen LogP) is 1.51. The zero-order valence-electron chi connectivity index (χ0n) is 9.74. The van der Waals surface area contributed by atoms with E-state index >= 15 is 0 Å². The van der Waals surface area contributed by atoms with Gasteiger partial charge in [0.25, 0.3) is 0 Å². The van der Waals surface area contributed by atoms with Crippen LogP contribution in [-0.4, -0.2) is 11.2 Å². The summed E-state index contributed by atoms with van der Waals surface area (Å²) in [6, 6.07) is 4.48. The second-order valence-corrected chi connectivity index (χ2v) is 5.19. The summed E-state index contributed by atoms with van der Waals surface area (Å²) >= 11 is 1.26. The Kier molecular flexibility index (Phi) is 4.77. The molecule has 1 aromatic carbocycles. The molecule has 0 saturated carbocycles. The molecule has 0 heterocycles. The summed E-state index contributed by atoms with van der Waals surface area (Å²) in [4.78, 5) is 12.2. The molecule has 0 bridgehead atoms. The minimum Gasteiger partial charge on any atom is -0.396 e. The monoisotopic (exact) mass is 257 g/mol. The van der Waals surface area contributed by atoms with Gasteiger partial charge in [-0.2, -0.15) is 0 Å². The van der Waals surface area contributed by atoms with Crippen molar-refractivity contribution in [3.05, 3.63) is 24.0 Å². The van der Waals surface area contributed by atoms with E-state index in [4.69, 9.17) is 11.6 Å². The molecule has 1 aromatic rings. The number of thioether (sulfide) groups is 1. The number of nitrogens with two attached hydrogens (primary N) is 2. The summed E-state index contributed by atoms with van der Waals surface area (Å²) in [5.74, 6) is 4.44. The third-order valence-corrected chi connectivity index (χ3v) is 3.78. The first kappa shape index (κ1) is 13.8. The Hall–Kier alpha value is -1.27. The topological polar surface area (TPSA) is 81.1 Å². The molecule has 0 aliphatic carbocycles. The van der Waals surface area contributed by atoms with E-state index in [-0.39, 0.29) is 22.8 Å². The Balaban J connectivity index is 2.86. The molecule has 0 spiro atoms. The Bertz CT molecular complexity index is 412. The molecular formula is C11H16FN3OS. The van der Waals surface area contributed by atoms with E-state index in [1.165, 1.54) is 23.9 Å². The summed E-state index contributed by atoms with van der Waals surface area (Å²) in [6.45, 7) is 3.81. The van der Waals surface area contributed by atoms with Gasteiger partial charge in [-0.05, 0) is 24.1 Å². The van der Waals surface area contributed by atoms with Crippen molar-refractivity contribution in [2.45, 2.75) is 24.0 Å². The number of carbonyl (C=O) groups excluding carboxylic acids is 1. The highest BCUT2D eigenvalue weighted by Gasteiger charge is 2.22. The molecule has 1 unspecified atom stereocenters. The first-order valence-corrected chi connectivity index (χ1v) is 6.05. The molecule has 4 nitrogen and oxygen atoms in total. The van der Waals surface area contributed by atoms with Gasteiger partial charge in [-0.1, -0.05) is 13.8 Å². The first-order chi connectivity index (χ1) is 7.95. The fraction of sp³-hybridized carbons (Fsp3) is 0.364. The molecule has 5 N–H and O–H groups in total. The van der Waals surface area contributed by atoms with Crippen LogP contribution in [-0.2, 0) is 4.79 Å². The number of carbonyl (C=O) groups is 1. The molecule has 0 aliphatic rings. The number of hydrogen-bond donors (Lipinski definition) is 3. The summed E-state index contributed by atoms with van der Waals surface area (Å²) in [7, 11) is 0. The van der Waals surface area contributed by atoms with Crippen LogP contribution < -0.4 is 17.0 Å². The van der Waals surface area contributed by atoms with Crippen molar-refractivity contribution in [3.63, 3.8) is 0 Å². The standard InChI is InChI=1S/C11H16FN3OS/c1-6(2)10(11(16)15-14)17-7-3-4-9(13)8(12)5-7/h3-6,10H,13-14H2,1-2H3,(H,15,16). The Morgan fingerprint density at radius 2 is 2.12 bits per heavy atom. The highest BCUT2D eigenvalue weighted by Crippen LogP contribution is 2.29. The van der Waals surface area contributed by atoms with Gasteiger partial charge in [-0.25, -0.2) is 10.2 Å². The number of anilines is 1. The minimum atomic E-state index is -0.481. The lowest BCUT2D eigenvalue weighted by molar-refractivity contribution is -0.121. The second kappa shape index (κ2) is 5.88. The van der Waals surface area contributed by atoms with Gasteiger partial charge in [0.05, 0.1) is 10.9 Å². The maximum absolute atomic E-state index is 13.3. The van der Waals surface area contributed by atoms with Gasteiger partial charge in [0.2, 0.25) is 5.91 Å². The van der Waals surface area contributed by atoms with E-state index in [2.05, 4.69) is 5.43 Å². The van der Waals surface area contributed by atoms with Crippen LogP contribution in [0, 0.1) is 11.7 Å². The first-order valence-electron chi connectivity index (χ1n) is 5.18. The highest BCUT2D eigenvalue weighted by molar-refractivity contribution is 8.00. The average Bonchev–Trinajstić information content (AvgIpc) is 2.29. The number of amides is 1. The third kappa shape index (κ3) is 3.61. The van der Waals surface area contributed by atoms with Crippen molar-refractivity contribution in [3.8, 4) is 0 Å². The van der Waals surface area contributed by atoms with Crippen molar-refractivity contribution in [1.29, 1.82) is 0 Å². The summed E-state index contributed by atoms with van der Waals surface area (Å²) in [6.07, 6.45) is 0. The molecule has 1 rings (SSSR count). The summed E-state index contributed by atoms with van der Waals surface area (Å²) < 4.78 is 13.3. The van der Waals surface area contributed by atoms with E-state index in [9.17, 15) is 9.18 Å². The molecule has 94 valence electrons. The van der Waals surface area contributed by atoms with Crippen molar-refractivity contribution in [2.75, 3.05) is 5.73 Å². The zero-order chi connectivity index (χ0) is 13.0. The lowest BCUT2D eigenvalue weighted by atomic mass is 10.1. The van der Waals surface area contributed by atoms with Crippen LogP contribution in [0.15, 0.2) is 23.1 Å². The molecule has 1 atom stereocenters.